The largest absolute Gasteiger partial charge is 0.387 e. The van der Waals surface area contributed by atoms with E-state index in [0.717, 1.165) is 16.8 Å². The number of hydrogen-bond donors (Lipinski definition) is 3. The fourth-order valence-corrected chi connectivity index (χ4v) is 2.70. The maximum Gasteiger partial charge on any atom is 0.330 e. The van der Waals surface area contributed by atoms with Gasteiger partial charge in [-0.15, -0.1) is 0 Å². The molecule has 0 unspecified atom stereocenters. The zero-order valence-corrected chi connectivity index (χ0v) is 11.8. The van der Waals surface area contributed by atoms with Gasteiger partial charge in [-0.3, -0.25) is 14.3 Å². The van der Waals surface area contributed by atoms with Gasteiger partial charge < -0.3 is 14.9 Å². The van der Waals surface area contributed by atoms with Gasteiger partial charge in [0.25, 0.3) is 5.56 Å². The Bertz CT molecular complexity index is 576. The fraction of sp³-hybridized carbons (Fsp3) is 0.600. The topological polar surface area (TPSA) is 105 Å². The lowest BCUT2D eigenvalue weighted by atomic mass is 9.96. The van der Waals surface area contributed by atoms with Crippen LogP contribution in [0.3, 0.4) is 0 Å². The zero-order chi connectivity index (χ0) is 14.2. The van der Waals surface area contributed by atoms with Crippen molar-refractivity contribution in [1.29, 1.82) is 0 Å². The fourth-order valence-electron chi connectivity index (χ4n) is 2.01. The van der Waals surface area contributed by atoms with Crippen LogP contribution in [0.5, 0.6) is 0 Å². The third-order valence-corrected chi connectivity index (χ3v) is 3.93. The molecule has 1 aliphatic rings. The summed E-state index contributed by atoms with van der Waals surface area (Å²) < 4.78 is 19.6. The summed E-state index contributed by atoms with van der Waals surface area (Å²) in [6.45, 7) is -1.28. The first-order chi connectivity index (χ1) is 8.93. The van der Waals surface area contributed by atoms with Crippen LogP contribution in [0.15, 0.2) is 21.9 Å². The number of H-pyrrole nitrogens is 1. The van der Waals surface area contributed by atoms with E-state index in [4.69, 9.17) is 4.74 Å². The number of alkyl halides is 2. The van der Waals surface area contributed by atoms with Gasteiger partial charge >= 0.3 is 5.69 Å². The normalized spacial score (nSPS) is 34.6. The summed E-state index contributed by atoms with van der Waals surface area (Å²) in [5, 5.41) is 20.1. The van der Waals surface area contributed by atoms with Gasteiger partial charge in [-0.25, -0.2) is 9.18 Å². The number of aromatic nitrogens is 2. The number of rotatable bonds is 3. The third kappa shape index (κ3) is 2.35. The summed E-state index contributed by atoms with van der Waals surface area (Å²) in [7, 11) is 0. The van der Waals surface area contributed by atoms with Crippen LogP contribution in [0.1, 0.15) is 6.23 Å². The molecule has 2 rings (SSSR count). The van der Waals surface area contributed by atoms with Crippen LogP contribution in [0, 0.1) is 0 Å². The maximum absolute atomic E-state index is 13.1. The lowest BCUT2D eigenvalue weighted by molar-refractivity contribution is -0.120. The van der Waals surface area contributed by atoms with Crippen molar-refractivity contribution in [3.05, 3.63) is 33.1 Å². The Morgan fingerprint density at radius 3 is 2.79 bits per heavy atom. The number of halogens is 2. The second-order valence-corrected chi connectivity index (χ2v) is 5.15. The molecule has 0 spiro atoms. The van der Waals surface area contributed by atoms with Crippen molar-refractivity contribution in [2.75, 3.05) is 11.1 Å². The van der Waals surface area contributed by atoms with Crippen LogP contribution >= 0.6 is 22.6 Å². The Morgan fingerprint density at radius 2 is 2.26 bits per heavy atom. The Balaban J connectivity index is 2.48. The molecule has 7 nitrogen and oxygen atoms in total. The minimum atomic E-state index is -2.22. The molecule has 0 saturated carbocycles. The highest BCUT2D eigenvalue weighted by molar-refractivity contribution is 14.1. The van der Waals surface area contributed by atoms with E-state index in [9.17, 15) is 24.2 Å². The molecule has 1 aromatic rings. The lowest BCUT2D eigenvalue weighted by Crippen LogP contribution is -2.50. The minimum absolute atomic E-state index is 0.315. The highest BCUT2D eigenvalue weighted by Crippen LogP contribution is 2.38. The van der Waals surface area contributed by atoms with E-state index in [2.05, 4.69) is 0 Å². The molecule has 4 atom stereocenters. The quantitative estimate of drug-likeness (QED) is 0.454. The zero-order valence-electron chi connectivity index (χ0n) is 9.62. The summed E-state index contributed by atoms with van der Waals surface area (Å²) in [6, 6.07) is 1.05. The summed E-state index contributed by atoms with van der Waals surface area (Å²) in [5.41, 5.74) is -3.68. The number of aliphatic hydroxyl groups is 2. The Kier molecular flexibility index (Phi) is 4.08. The molecule has 0 amide bonds. The summed E-state index contributed by atoms with van der Waals surface area (Å²) in [6.07, 6.45) is -2.56. The van der Waals surface area contributed by atoms with Gasteiger partial charge in [0.2, 0.25) is 0 Å². The monoisotopic (exact) mass is 386 g/mol. The van der Waals surface area contributed by atoms with Gasteiger partial charge in [0.15, 0.2) is 11.8 Å². The van der Waals surface area contributed by atoms with Crippen LogP contribution in [0.2, 0.25) is 0 Å². The van der Waals surface area contributed by atoms with E-state index in [-0.39, 0.29) is 0 Å². The van der Waals surface area contributed by atoms with Crippen LogP contribution in [0.25, 0.3) is 0 Å². The first kappa shape index (κ1) is 14.6. The Labute approximate surface area is 120 Å². The average molecular weight is 386 g/mol. The van der Waals surface area contributed by atoms with Crippen molar-refractivity contribution in [3.63, 3.8) is 0 Å². The SMILES string of the molecule is O=c1ccn([C@@H]2O[C@H](CI)[C@@H](O)[C@]2(O)CF)c(=O)[nH]1. The van der Waals surface area contributed by atoms with E-state index in [1.54, 1.807) is 0 Å². The summed E-state index contributed by atoms with van der Waals surface area (Å²) in [5.74, 6) is 0. The van der Waals surface area contributed by atoms with Crippen molar-refractivity contribution >= 4 is 22.6 Å². The molecule has 0 aromatic carbocycles. The van der Waals surface area contributed by atoms with Crippen LogP contribution in [-0.4, -0.2) is 48.7 Å². The van der Waals surface area contributed by atoms with E-state index < -0.39 is 42.0 Å². The smallest absolute Gasteiger partial charge is 0.330 e. The second-order valence-electron chi connectivity index (χ2n) is 4.27. The van der Waals surface area contributed by atoms with Gasteiger partial charge in [-0.1, -0.05) is 22.6 Å². The average Bonchev–Trinajstić information content (AvgIpc) is 2.63. The van der Waals surface area contributed by atoms with Crippen molar-refractivity contribution in [3.8, 4) is 0 Å². The van der Waals surface area contributed by atoms with E-state index in [1.165, 1.54) is 0 Å². The molecule has 1 aliphatic heterocycles. The van der Waals surface area contributed by atoms with E-state index in [1.807, 2.05) is 27.6 Å². The Hall–Kier alpha value is -0.780. The predicted molar refractivity (Wildman–Crippen MR) is 71.1 cm³/mol. The number of aromatic amines is 1. The number of aliphatic hydroxyl groups excluding tert-OH is 1. The van der Waals surface area contributed by atoms with Crippen molar-refractivity contribution in [2.24, 2.45) is 0 Å². The highest BCUT2D eigenvalue weighted by Gasteiger charge is 2.56. The number of ether oxygens (including phenoxy) is 1. The molecular weight excluding hydrogens is 374 g/mol. The molecule has 0 bridgehead atoms. The number of nitrogens with zero attached hydrogens (tertiary/aromatic N) is 1. The molecule has 19 heavy (non-hydrogen) atoms. The van der Waals surface area contributed by atoms with Crippen molar-refractivity contribution < 1.29 is 19.3 Å². The lowest BCUT2D eigenvalue weighted by Gasteiger charge is -2.28. The van der Waals surface area contributed by atoms with Gasteiger partial charge in [0, 0.05) is 16.7 Å². The first-order valence-corrected chi connectivity index (χ1v) is 6.96. The van der Waals surface area contributed by atoms with Crippen molar-refractivity contribution in [1.82, 2.24) is 9.55 Å². The third-order valence-electron chi connectivity index (χ3n) is 3.07. The molecule has 1 aromatic heterocycles. The first-order valence-electron chi connectivity index (χ1n) is 5.43. The molecule has 9 heteroatoms. The molecule has 2 heterocycles. The number of nitrogens with one attached hydrogen (secondary N) is 1. The van der Waals surface area contributed by atoms with E-state index in [0.29, 0.717) is 4.43 Å². The van der Waals surface area contributed by atoms with Crippen LogP contribution in [0.4, 0.5) is 4.39 Å². The highest BCUT2D eigenvalue weighted by atomic mass is 127. The van der Waals surface area contributed by atoms with Gasteiger partial charge in [-0.05, 0) is 0 Å². The minimum Gasteiger partial charge on any atom is -0.387 e. The standard InChI is InChI=1S/C10H12FIN2O5/c11-4-10(18)7(16)5(3-12)19-8(10)14-2-1-6(15)13-9(14)17/h1-2,5,7-8,16,18H,3-4H2,(H,13,15,17)/t5-,7-,8-,10-/m1/s1. The van der Waals surface area contributed by atoms with Gasteiger partial charge in [0.1, 0.15) is 12.8 Å². The maximum atomic E-state index is 13.1. The Morgan fingerprint density at radius 1 is 1.58 bits per heavy atom. The van der Waals surface area contributed by atoms with Crippen LogP contribution < -0.4 is 11.2 Å². The second kappa shape index (κ2) is 5.31. The molecule has 3 N–H and O–H groups in total. The van der Waals surface area contributed by atoms with Gasteiger partial charge in [-0.2, -0.15) is 0 Å². The van der Waals surface area contributed by atoms with Crippen LogP contribution in [-0.2, 0) is 4.74 Å². The summed E-state index contributed by atoms with van der Waals surface area (Å²) >= 11 is 1.92. The predicted octanol–water partition coefficient (Wildman–Crippen LogP) is -1.07. The van der Waals surface area contributed by atoms with E-state index >= 15 is 0 Å². The summed E-state index contributed by atoms with van der Waals surface area (Å²) in [4.78, 5) is 24.6. The molecule has 1 fully saturated rings. The molecule has 0 aliphatic carbocycles. The number of hydrogen-bond acceptors (Lipinski definition) is 5. The molecular formula is C10H12FIN2O5. The molecule has 1 saturated heterocycles. The van der Waals surface area contributed by atoms with Gasteiger partial charge in [0.05, 0.1) is 6.10 Å². The van der Waals surface area contributed by atoms with Crippen molar-refractivity contribution in [2.45, 2.75) is 24.0 Å². The molecule has 106 valence electrons. The molecule has 0 radical (unpaired) electrons.